The van der Waals surface area contributed by atoms with E-state index in [1.807, 2.05) is 46.8 Å². The van der Waals surface area contributed by atoms with Crippen LogP contribution in [0.15, 0.2) is 29.2 Å². The van der Waals surface area contributed by atoms with Crippen molar-refractivity contribution < 1.29 is 8.42 Å². The molecule has 0 amide bonds. The third-order valence-electron chi connectivity index (χ3n) is 4.09. The fourth-order valence-corrected chi connectivity index (χ4v) is 4.59. The molecule has 1 aromatic carbocycles. The summed E-state index contributed by atoms with van der Waals surface area (Å²) in [7, 11) is -3.67. The minimum absolute atomic E-state index is 0.0234. The van der Waals surface area contributed by atoms with Gasteiger partial charge in [-0.15, -0.1) is 0 Å². The standard InChI is InChI=1S/C19H28N2O2S/c1-12(2)17-18(13(3)4)21(19(20-17)14(5)6)24(22,23)16-10-8-15(7)9-11-16/h8-14H,1-7H3. The lowest BCUT2D eigenvalue weighted by Crippen LogP contribution is -2.20. The maximum atomic E-state index is 13.4. The van der Waals surface area contributed by atoms with Crippen LogP contribution >= 0.6 is 0 Å². The van der Waals surface area contributed by atoms with E-state index in [1.165, 1.54) is 3.97 Å². The van der Waals surface area contributed by atoms with Crippen LogP contribution in [0.5, 0.6) is 0 Å². The van der Waals surface area contributed by atoms with E-state index in [0.29, 0.717) is 10.7 Å². The van der Waals surface area contributed by atoms with Crippen LogP contribution < -0.4 is 0 Å². The van der Waals surface area contributed by atoms with Gasteiger partial charge in [-0.3, -0.25) is 0 Å². The molecule has 0 N–H and O–H groups in total. The summed E-state index contributed by atoms with van der Waals surface area (Å²) in [5.41, 5.74) is 2.72. The molecular weight excluding hydrogens is 320 g/mol. The molecule has 0 unspecified atom stereocenters. The first-order valence-electron chi connectivity index (χ1n) is 8.52. The van der Waals surface area contributed by atoms with Gasteiger partial charge in [0.25, 0.3) is 10.0 Å². The fraction of sp³-hybridized carbons (Fsp3) is 0.526. The molecule has 0 saturated carbocycles. The van der Waals surface area contributed by atoms with Crippen LogP contribution in [-0.4, -0.2) is 17.4 Å². The van der Waals surface area contributed by atoms with Gasteiger partial charge >= 0.3 is 0 Å². The molecule has 4 nitrogen and oxygen atoms in total. The van der Waals surface area contributed by atoms with Crippen molar-refractivity contribution in [1.82, 2.24) is 8.96 Å². The molecule has 0 aliphatic rings. The van der Waals surface area contributed by atoms with Crippen molar-refractivity contribution in [3.05, 3.63) is 47.0 Å². The van der Waals surface area contributed by atoms with Gasteiger partial charge in [-0.2, -0.15) is 0 Å². The van der Waals surface area contributed by atoms with Gasteiger partial charge in [0.2, 0.25) is 0 Å². The lowest BCUT2D eigenvalue weighted by atomic mass is 10.0. The molecule has 0 spiro atoms. The predicted molar refractivity (Wildman–Crippen MR) is 98.3 cm³/mol. The Morgan fingerprint density at radius 3 is 1.83 bits per heavy atom. The number of aryl methyl sites for hydroxylation is 1. The summed E-state index contributed by atoms with van der Waals surface area (Å²) >= 11 is 0. The van der Waals surface area contributed by atoms with Crippen LogP contribution in [0.3, 0.4) is 0 Å². The molecule has 0 atom stereocenters. The quantitative estimate of drug-likeness (QED) is 0.780. The van der Waals surface area contributed by atoms with E-state index in [0.717, 1.165) is 17.0 Å². The van der Waals surface area contributed by atoms with Gasteiger partial charge in [-0.25, -0.2) is 17.4 Å². The maximum Gasteiger partial charge on any atom is 0.269 e. The van der Waals surface area contributed by atoms with Gasteiger partial charge in [0.15, 0.2) is 0 Å². The number of aromatic nitrogens is 2. The minimum atomic E-state index is -3.67. The van der Waals surface area contributed by atoms with Crippen LogP contribution in [0.2, 0.25) is 0 Å². The monoisotopic (exact) mass is 348 g/mol. The van der Waals surface area contributed by atoms with E-state index < -0.39 is 10.0 Å². The van der Waals surface area contributed by atoms with Crippen LogP contribution in [0.4, 0.5) is 0 Å². The lowest BCUT2D eigenvalue weighted by Gasteiger charge is -2.17. The molecule has 1 heterocycles. The Morgan fingerprint density at radius 2 is 1.42 bits per heavy atom. The lowest BCUT2D eigenvalue weighted by molar-refractivity contribution is 0.576. The molecule has 2 aromatic rings. The van der Waals surface area contributed by atoms with Gasteiger partial charge in [0.1, 0.15) is 5.82 Å². The highest BCUT2D eigenvalue weighted by molar-refractivity contribution is 7.90. The Hall–Kier alpha value is -1.62. The van der Waals surface area contributed by atoms with Gasteiger partial charge in [-0.05, 0) is 30.9 Å². The smallest absolute Gasteiger partial charge is 0.236 e. The zero-order valence-electron chi connectivity index (χ0n) is 15.7. The van der Waals surface area contributed by atoms with E-state index in [-0.39, 0.29) is 17.8 Å². The van der Waals surface area contributed by atoms with Crippen molar-refractivity contribution in [3.63, 3.8) is 0 Å². The summed E-state index contributed by atoms with van der Waals surface area (Å²) in [6, 6.07) is 7.01. The minimum Gasteiger partial charge on any atom is -0.236 e. The first-order chi connectivity index (χ1) is 11.1. The number of hydrogen-bond donors (Lipinski definition) is 0. The average Bonchev–Trinajstić information content (AvgIpc) is 2.89. The average molecular weight is 349 g/mol. The molecule has 0 fully saturated rings. The van der Waals surface area contributed by atoms with Crippen LogP contribution in [0, 0.1) is 6.92 Å². The Bertz CT molecular complexity index is 814. The second-order valence-electron chi connectivity index (χ2n) is 7.29. The first kappa shape index (κ1) is 18.7. The highest BCUT2D eigenvalue weighted by Crippen LogP contribution is 2.33. The molecule has 24 heavy (non-hydrogen) atoms. The van der Waals surface area contributed by atoms with E-state index in [1.54, 1.807) is 12.1 Å². The summed E-state index contributed by atoms with van der Waals surface area (Å²) in [6.07, 6.45) is 0. The van der Waals surface area contributed by atoms with Gasteiger partial charge in [0, 0.05) is 5.92 Å². The predicted octanol–water partition coefficient (Wildman–Crippen LogP) is 4.80. The molecular formula is C19H28N2O2S. The van der Waals surface area contributed by atoms with Crippen molar-refractivity contribution >= 4 is 10.0 Å². The van der Waals surface area contributed by atoms with Crippen molar-refractivity contribution in [1.29, 1.82) is 0 Å². The molecule has 0 aliphatic heterocycles. The van der Waals surface area contributed by atoms with Crippen LogP contribution in [0.1, 0.15) is 82.1 Å². The Morgan fingerprint density at radius 1 is 0.875 bits per heavy atom. The fourth-order valence-electron chi connectivity index (χ4n) is 2.84. The summed E-state index contributed by atoms with van der Waals surface area (Å²) in [4.78, 5) is 5.03. The van der Waals surface area contributed by atoms with E-state index >= 15 is 0 Å². The molecule has 0 bridgehead atoms. The molecule has 0 radical (unpaired) electrons. The second kappa shape index (κ2) is 6.71. The van der Waals surface area contributed by atoms with Crippen molar-refractivity contribution in [2.45, 2.75) is 71.1 Å². The number of benzene rings is 1. The normalized spacial score (nSPS) is 12.6. The summed E-state index contributed by atoms with van der Waals surface area (Å²) in [5, 5.41) is 0. The zero-order chi connectivity index (χ0) is 18.2. The van der Waals surface area contributed by atoms with Crippen molar-refractivity contribution in [2.75, 3.05) is 0 Å². The highest BCUT2D eigenvalue weighted by atomic mass is 32.2. The Balaban J connectivity index is 2.82. The number of nitrogens with zero attached hydrogens (tertiary/aromatic N) is 2. The zero-order valence-corrected chi connectivity index (χ0v) is 16.5. The third kappa shape index (κ3) is 3.27. The topological polar surface area (TPSA) is 52.0 Å². The first-order valence-corrected chi connectivity index (χ1v) is 9.96. The van der Waals surface area contributed by atoms with E-state index in [4.69, 9.17) is 4.98 Å². The summed E-state index contributed by atoms with van der Waals surface area (Å²) in [5.74, 6) is 0.884. The van der Waals surface area contributed by atoms with Crippen LogP contribution in [-0.2, 0) is 10.0 Å². The molecule has 0 saturated heterocycles. The molecule has 5 heteroatoms. The third-order valence-corrected chi connectivity index (χ3v) is 5.83. The molecule has 132 valence electrons. The van der Waals surface area contributed by atoms with Crippen molar-refractivity contribution in [3.8, 4) is 0 Å². The van der Waals surface area contributed by atoms with E-state index in [2.05, 4.69) is 13.8 Å². The highest BCUT2D eigenvalue weighted by Gasteiger charge is 2.30. The van der Waals surface area contributed by atoms with Crippen LogP contribution in [0.25, 0.3) is 0 Å². The van der Waals surface area contributed by atoms with Gasteiger partial charge in [-0.1, -0.05) is 59.2 Å². The maximum absolute atomic E-state index is 13.4. The second-order valence-corrected chi connectivity index (χ2v) is 9.07. The summed E-state index contributed by atoms with van der Waals surface area (Å²) in [6.45, 7) is 14.1. The number of rotatable bonds is 5. The Kier molecular flexibility index (Phi) is 5.23. The number of imidazole rings is 1. The Labute approximate surface area is 146 Å². The number of hydrogen-bond acceptors (Lipinski definition) is 3. The largest absolute Gasteiger partial charge is 0.269 e. The summed E-state index contributed by atoms with van der Waals surface area (Å²) < 4.78 is 28.2. The SMILES string of the molecule is Cc1ccc(S(=O)(=O)n2c(C(C)C)nc(C(C)C)c2C(C)C)cc1. The molecule has 1 aromatic heterocycles. The van der Waals surface area contributed by atoms with Gasteiger partial charge in [0.05, 0.1) is 16.3 Å². The van der Waals surface area contributed by atoms with Crippen molar-refractivity contribution in [2.24, 2.45) is 0 Å². The van der Waals surface area contributed by atoms with Gasteiger partial charge < -0.3 is 0 Å². The van der Waals surface area contributed by atoms with E-state index in [9.17, 15) is 8.42 Å². The molecule has 2 rings (SSSR count). The molecule has 0 aliphatic carbocycles.